The minimum atomic E-state index is -0.248. The number of aryl methyl sites for hydroxylation is 1. The van der Waals surface area contributed by atoms with Gasteiger partial charge in [-0.25, -0.2) is 9.67 Å². The number of fused-ring (bicyclic) bond motifs is 1. The van der Waals surface area contributed by atoms with Gasteiger partial charge in [-0.1, -0.05) is 18.2 Å². The van der Waals surface area contributed by atoms with Crippen molar-refractivity contribution in [2.45, 2.75) is 6.54 Å². The Labute approximate surface area is 136 Å². The van der Waals surface area contributed by atoms with Gasteiger partial charge in [-0.2, -0.15) is 15.2 Å². The molecule has 9 nitrogen and oxygen atoms in total. The molecule has 24 heavy (non-hydrogen) atoms. The minimum Gasteiger partial charge on any atom is -0.348 e. The first-order valence-corrected chi connectivity index (χ1v) is 7.32. The number of rotatable bonds is 4. The third-order valence-electron chi connectivity index (χ3n) is 3.66. The molecule has 0 atom stereocenters. The first-order chi connectivity index (χ1) is 11.7. The van der Waals surface area contributed by atoms with Gasteiger partial charge in [0, 0.05) is 7.05 Å². The van der Waals surface area contributed by atoms with E-state index in [9.17, 15) is 4.79 Å². The molecule has 9 heteroatoms. The minimum absolute atomic E-state index is 0.248. The van der Waals surface area contributed by atoms with E-state index in [0.717, 1.165) is 11.5 Å². The number of aromatic amines is 1. The van der Waals surface area contributed by atoms with Gasteiger partial charge in [0.05, 0.1) is 18.4 Å². The van der Waals surface area contributed by atoms with Gasteiger partial charge in [-0.05, 0) is 12.1 Å². The molecule has 0 unspecified atom stereocenters. The van der Waals surface area contributed by atoms with Crippen LogP contribution < -0.4 is 10.9 Å². The number of aromatic nitrogens is 7. The Morgan fingerprint density at radius 2 is 2.04 bits per heavy atom. The molecule has 4 rings (SSSR count). The van der Waals surface area contributed by atoms with Gasteiger partial charge in [0.1, 0.15) is 17.5 Å². The Balaban J connectivity index is 1.73. The summed E-state index contributed by atoms with van der Waals surface area (Å²) in [6, 6.07) is 9.54. The Hall–Kier alpha value is -3.49. The van der Waals surface area contributed by atoms with Gasteiger partial charge in [0.2, 0.25) is 5.95 Å². The molecular formula is C15H14N8O. The van der Waals surface area contributed by atoms with Gasteiger partial charge in [-0.15, -0.1) is 0 Å². The van der Waals surface area contributed by atoms with Crippen molar-refractivity contribution in [1.82, 2.24) is 34.5 Å². The first kappa shape index (κ1) is 14.1. The number of benzene rings is 1. The Kier molecular flexibility index (Phi) is 3.30. The second kappa shape index (κ2) is 5.61. The number of para-hydroxylation sites is 1. The molecule has 4 aromatic rings. The van der Waals surface area contributed by atoms with Crippen LogP contribution in [0.3, 0.4) is 0 Å². The smallest absolute Gasteiger partial charge is 0.263 e. The van der Waals surface area contributed by atoms with E-state index in [1.165, 1.54) is 12.5 Å². The largest absolute Gasteiger partial charge is 0.348 e. The molecule has 0 amide bonds. The van der Waals surface area contributed by atoms with Crippen molar-refractivity contribution in [3.8, 4) is 5.69 Å². The number of nitrogens with zero attached hydrogens (tertiary/aromatic N) is 6. The fraction of sp³-hybridized carbons (Fsp3) is 0.133. The van der Waals surface area contributed by atoms with Crippen LogP contribution in [-0.4, -0.2) is 34.5 Å². The average Bonchev–Trinajstić information content (AvgIpc) is 3.20. The molecular weight excluding hydrogens is 308 g/mol. The summed E-state index contributed by atoms with van der Waals surface area (Å²) in [5, 5.41) is 11.8. The highest BCUT2D eigenvalue weighted by Crippen LogP contribution is 2.14. The normalized spacial score (nSPS) is 11.0. The van der Waals surface area contributed by atoms with Gasteiger partial charge >= 0.3 is 0 Å². The van der Waals surface area contributed by atoms with Crippen LogP contribution in [0.5, 0.6) is 0 Å². The molecule has 0 saturated carbocycles. The van der Waals surface area contributed by atoms with Crippen molar-refractivity contribution in [2.24, 2.45) is 7.05 Å². The maximum absolute atomic E-state index is 12.3. The molecule has 0 fully saturated rings. The van der Waals surface area contributed by atoms with E-state index in [0.29, 0.717) is 23.5 Å². The van der Waals surface area contributed by atoms with Crippen LogP contribution in [0, 0.1) is 0 Å². The predicted molar refractivity (Wildman–Crippen MR) is 87.8 cm³/mol. The second-order valence-corrected chi connectivity index (χ2v) is 5.20. The van der Waals surface area contributed by atoms with E-state index < -0.39 is 0 Å². The van der Waals surface area contributed by atoms with Crippen LogP contribution >= 0.6 is 0 Å². The molecule has 1 aromatic carbocycles. The third-order valence-corrected chi connectivity index (χ3v) is 3.66. The third kappa shape index (κ3) is 2.41. The summed E-state index contributed by atoms with van der Waals surface area (Å²) in [4.78, 5) is 23.6. The zero-order valence-electron chi connectivity index (χ0n) is 12.8. The molecule has 0 saturated heterocycles. The fourth-order valence-electron chi connectivity index (χ4n) is 2.40. The van der Waals surface area contributed by atoms with E-state index in [1.807, 2.05) is 30.3 Å². The fourth-order valence-corrected chi connectivity index (χ4v) is 2.40. The number of H-pyrrole nitrogens is 1. The van der Waals surface area contributed by atoms with Crippen LogP contribution in [0.2, 0.25) is 0 Å². The van der Waals surface area contributed by atoms with Crippen LogP contribution in [0.4, 0.5) is 5.95 Å². The van der Waals surface area contributed by atoms with Crippen LogP contribution in [-0.2, 0) is 13.6 Å². The lowest BCUT2D eigenvalue weighted by Crippen LogP contribution is -2.15. The van der Waals surface area contributed by atoms with Gasteiger partial charge in [0.25, 0.3) is 5.56 Å². The number of anilines is 1. The molecule has 0 spiro atoms. The quantitative estimate of drug-likeness (QED) is 0.577. The standard InChI is InChI=1S/C15H14N8O/c1-22-12(17-9-19-22)8-16-15-20-13-11(14(24)21-15)7-18-23(13)10-5-3-2-4-6-10/h2-7,9H,8H2,1H3,(H2,16,20,21,24). The van der Waals surface area contributed by atoms with E-state index in [2.05, 4.69) is 30.5 Å². The zero-order valence-corrected chi connectivity index (χ0v) is 12.8. The highest BCUT2D eigenvalue weighted by atomic mass is 16.1. The summed E-state index contributed by atoms with van der Waals surface area (Å²) in [5.74, 6) is 1.09. The summed E-state index contributed by atoms with van der Waals surface area (Å²) in [6.45, 7) is 0.393. The Morgan fingerprint density at radius 1 is 1.21 bits per heavy atom. The van der Waals surface area contributed by atoms with E-state index in [4.69, 9.17) is 0 Å². The van der Waals surface area contributed by atoms with Crippen molar-refractivity contribution in [3.05, 3.63) is 59.0 Å². The monoisotopic (exact) mass is 322 g/mol. The van der Waals surface area contributed by atoms with Crippen LogP contribution in [0.1, 0.15) is 5.82 Å². The zero-order chi connectivity index (χ0) is 16.5. The molecule has 0 aliphatic carbocycles. The second-order valence-electron chi connectivity index (χ2n) is 5.20. The lowest BCUT2D eigenvalue weighted by molar-refractivity contribution is 0.710. The van der Waals surface area contributed by atoms with Gasteiger partial charge < -0.3 is 5.32 Å². The topological polar surface area (TPSA) is 106 Å². The lowest BCUT2D eigenvalue weighted by atomic mass is 10.3. The molecule has 0 bridgehead atoms. The summed E-state index contributed by atoms with van der Waals surface area (Å²) >= 11 is 0. The van der Waals surface area contributed by atoms with Crippen LogP contribution in [0.15, 0.2) is 47.7 Å². The average molecular weight is 322 g/mol. The molecule has 0 aliphatic heterocycles. The Bertz CT molecular complexity index is 1050. The molecule has 3 aromatic heterocycles. The number of hydrogen-bond acceptors (Lipinski definition) is 6. The molecule has 2 N–H and O–H groups in total. The van der Waals surface area contributed by atoms with Crippen molar-refractivity contribution >= 4 is 17.0 Å². The molecule has 0 aliphatic rings. The van der Waals surface area contributed by atoms with E-state index in [1.54, 1.807) is 16.4 Å². The summed E-state index contributed by atoms with van der Waals surface area (Å²) in [5.41, 5.74) is 1.08. The lowest BCUT2D eigenvalue weighted by Gasteiger charge is -2.06. The predicted octanol–water partition coefficient (Wildman–Crippen LogP) is 0.849. The molecule has 3 heterocycles. The summed E-state index contributed by atoms with van der Waals surface area (Å²) in [7, 11) is 1.80. The van der Waals surface area contributed by atoms with Crippen molar-refractivity contribution in [3.63, 3.8) is 0 Å². The summed E-state index contributed by atoms with van der Waals surface area (Å²) < 4.78 is 3.29. The first-order valence-electron chi connectivity index (χ1n) is 7.32. The highest BCUT2D eigenvalue weighted by Gasteiger charge is 2.11. The SMILES string of the molecule is Cn1ncnc1CNc1nc2c(cnn2-c2ccccc2)c(=O)[nH]1. The summed E-state index contributed by atoms with van der Waals surface area (Å²) in [6.07, 6.45) is 2.99. The maximum Gasteiger partial charge on any atom is 0.263 e. The number of nitrogens with one attached hydrogen (secondary N) is 2. The van der Waals surface area contributed by atoms with E-state index in [-0.39, 0.29) is 5.56 Å². The van der Waals surface area contributed by atoms with Crippen molar-refractivity contribution < 1.29 is 0 Å². The van der Waals surface area contributed by atoms with Crippen molar-refractivity contribution in [1.29, 1.82) is 0 Å². The molecule has 0 radical (unpaired) electrons. The van der Waals surface area contributed by atoms with E-state index >= 15 is 0 Å². The molecule has 120 valence electrons. The number of hydrogen-bond donors (Lipinski definition) is 2. The highest BCUT2D eigenvalue weighted by molar-refractivity contribution is 5.76. The van der Waals surface area contributed by atoms with Crippen LogP contribution in [0.25, 0.3) is 16.7 Å². The maximum atomic E-state index is 12.3. The van der Waals surface area contributed by atoms with Gasteiger partial charge in [-0.3, -0.25) is 14.5 Å². The Morgan fingerprint density at radius 3 is 2.79 bits per heavy atom. The van der Waals surface area contributed by atoms with Crippen molar-refractivity contribution in [2.75, 3.05) is 5.32 Å². The van der Waals surface area contributed by atoms with Gasteiger partial charge in [0.15, 0.2) is 5.65 Å².